The first-order valence-corrected chi connectivity index (χ1v) is 5.70. The van der Waals surface area contributed by atoms with Gasteiger partial charge in [0.2, 0.25) is 11.8 Å². The molecule has 0 spiro atoms. The van der Waals surface area contributed by atoms with Crippen molar-refractivity contribution in [3.8, 4) is 0 Å². The predicted molar refractivity (Wildman–Crippen MR) is 58.2 cm³/mol. The Bertz CT molecular complexity index is 235. The smallest absolute Gasteiger partial charge is 0.242 e. The zero-order valence-electron chi connectivity index (χ0n) is 9.51. The maximum absolute atomic E-state index is 11.7. The summed E-state index contributed by atoms with van der Waals surface area (Å²) >= 11 is 0. The molecule has 1 fully saturated rings. The molecule has 4 heteroatoms. The van der Waals surface area contributed by atoms with Crippen LogP contribution in [0.15, 0.2) is 0 Å². The highest BCUT2D eigenvalue weighted by molar-refractivity contribution is 5.87. The zero-order chi connectivity index (χ0) is 11.3. The minimum Gasteiger partial charge on any atom is -0.355 e. The minimum absolute atomic E-state index is 0.0420. The molecule has 1 aliphatic carbocycles. The van der Waals surface area contributed by atoms with E-state index in [-0.39, 0.29) is 17.9 Å². The number of nitrogens with one attached hydrogen (secondary N) is 2. The molecule has 1 unspecified atom stereocenters. The molecule has 1 atom stereocenters. The SMILES string of the molecule is CCNC(=O)C(NC(C)=O)C1CCCC1. The van der Waals surface area contributed by atoms with Crippen molar-refractivity contribution in [2.24, 2.45) is 5.92 Å². The molecule has 1 rings (SSSR count). The number of rotatable bonds is 4. The molecule has 0 aromatic heterocycles. The number of likely N-dealkylation sites (N-methyl/N-ethyl adjacent to an activating group) is 1. The molecule has 0 aliphatic heterocycles. The topological polar surface area (TPSA) is 58.2 Å². The van der Waals surface area contributed by atoms with Crippen LogP contribution in [-0.2, 0) is 9.59 Å². The van der Waals surface area contributed by atoms with Crippen molar-refractivity contribution >= 4 is 11.8 Å². The summed E-state index contributed by atoms with van der Waals surface area (Å²) in [6.07, 6.45) is 4.42. The molecular weight excluding hydrogens is 192 g/mol. The summed E-state index contributed by atoms with van der Waals surface area (Å²) in [5, 5.41) is 5.53. The van der Waals surface area contributed by atoms with Crippen LogP contribution in [0.2, 0.25) is 0 Å². The number of amides is 2. The van der Waals surface area contributed by atoms with E-state index >= 15 is 0 Å². The van der Waals surface area contributed by atoms with E-state index in [1.807, 2.05) is 6.92 Å². The molecule has 0 radical (unpaired) electrons. The van der Waals surface area contributed by atoms with Crippen LogP contribution in [0.5, 0.6) is 0 Å². The Hall–Kier alpha value is -1.06. The zero-order valence-corrected chi connectivity index (χ0v) is 9.51. The fourth-order valence-electron chi connectivity index (χ4n) is 2.19. The van der Waals surface area contributed by atoms with Crippen LogP contribution in [0.25, 0.3) is 0 Å². The lowest BCUT2D eigenvalue weighted by atomic mass is 9.97. The number of carbonyl (C=O) groups excluding carboxylic acids is 2. The summed E-state index contributed by atoms with van der Waals surface area (Å²) in [4.78, 5) is 22.8. The van der Waals surface area contributed by atoms with Crippen molar-refractivity contribution in [1.82, 2.24) is 10.6 Å². The van der Waals surface area contributed by atoms with E-state index in [9.17, 15) is 9.59 Å². The van der Waals surface area contributed by atoms with Crippen molar-refractivity contribution in [3.05, 3.63) is 0 Å². The Balaban J connectivity index is 2.58. The Morgan fingerprint density at radius 1 is 1.33 bits per heavy atom. The second-order valence-corrected chi connectivity index (χ2v) is 4.12. The third-order valence-electron chi connectivity index (χ3n) is 2.86. The van der Waals surface area contributed by atoms with Gasteiger partial charge in [0.05, 0.1) is 0 Å². The molecule has 0 heterocycles. The van der Waals surface area contributed by atoms with Crippen molar-refractivity contribution < 1.29 is 9.59 Å². The van der Waals surface area contributed by atoms with Crippen molar-refractivity contribution in [3.63, 3.8) is 0 Å². The Morgan fingerprint density at radius 3 is 2.40 bits per heavy atom. The second kappa shape index (κ2) is 5.73. The second-order valence-electron chi connectivity index (χ2n) is 4.12. The van der Waals surface area contributed by atoms with Gasteiger partial charge in [0.25, 0.3) is 0 Å². The molecular formula is C11H20N2O2. The summed E-state index contributed by atoms with van der Waals surface area (Å²) in [6.45, 7) is 3.96. The minimum atomic E-state index is -0.329. The van der Waals surface area contributed by atoms with Gasteiger partial charge in [-0.3, -0.25) is 9.59 Å². The van der Waals surface area contributed by atoms with Gasteiger partial charge >= 0.3 is 0 Å². The first-order valence-electron chi connectivity index (χ1n) is 5.70. The fraction of sp³-hybridized carbons (Fsp3) is 0.818. The molecule has 1 aliphatic rings. The molecule has 0 aromatic rings. The largest absolute Gasteiger partial charge is 0.355 e. The lowest BCUT2D eigenvalue weighted by Gasteiger charge is -2.22. The van der Waals surface area contributed by atoms with Gasteiger partial charge in [0.1, 0.15) is 6.04 Å². The summed E-state index contributed by atoms with van der Waals surface area (Å²) in [7, 11) is 0. The molecule has 0 aromatic carbocycles. The van der Waals surface area contributed by atoms with Gasteiger partial charge in [0, 0.05) is 13.5 Å². The Kier molecular flexibility index (Phi) is 4.59. The molecule has 1 saturated carbocycles. The van der Waals surface area contributed by atoms with E-state index in [0.29, 0.717) is 12.5 Å². The van der Waals surface area contributed by atoms with Gasteiger partial charge < -0.3 is 10.6 Å². The van der Waals surface area contributed by atoms with E-state index in [2.05, 4.69) is 10.6 Å². The Morgan fingerprint density at radius 2 is 1.93 bits per heavy atom. The molecule has 2 N–H and O–H groups in total. The van der Waals surface area contributed by atoms with Gasteiger partial charge in [-0.2, -0.15) is 0 Å². The standard InChI is InChI=1S/C11H20N2O2/c1-3-12-11(15)10(13-8(2)14)9-6-4-5-7-9/h9-10H,3-7H2,1-2H3,(H,12,15)(H,13,14). The third-order valence-corrected chi connectivity index (χ3v) is 2.86. The van der Waals surface area contributed by atoms with E-state index in [4.69, 9.17) is 0 Å². The van der Waals surface area contributed by atoms with Gasteiger partial charge in [-0.1, -0.05) is 12.8 Å². The van der Waals surface area contributed by atoms with Crippen LogP contribution < -0.4 is 10.6 Å². The van der Waals surface area contributed by atoms with Crippen molar-refractivity contribution in [2.45, 2.75) is 45.6 Å². The highest BCUT2D eigenvalue weighted by atomic mass is 16.2. The summed E-state index contributed by atoms with van der Waals surface area (Å²) < 4.78 is 0. The fourth-order valence-corrected chi connectivity index (χ4v) is 2.19. The van der Waals surface area contributed by atoms with E-state index in [0.717, 1.165) is 12.8 Å². The molecule has 4 nitrogen and oxygen atoms in total. The quantitative estimate of drug-likeness (QED) is 0.724. The molecule has 0 bridgehead atoms. The molecule has 86 valence electrons. The molecule has 0 saturated heterocycles. The van der Waals surface area contributed by atoms with Gasteiger partial charge in [0.15, 0.2) is 0 Å². The predicted octanol–water partition coefficient (Wildman–Crippen LogP) is 0.817. The maximum Gasteiger partial charge on any atom is 0.242 e. The van der Waals surface area contributed by atoms with Crippen molar-refractivity contribution in [2.75, 3.05) is 6.54 Å². The summed E-state index contributed by atoms with van der Waals surface area (Å²) in [5.41, 5.74) is 0. The lowest BCUT2D eigenvalue weighted by molar-refractivity contribution is -0.129. The first kappa shape index (κ1) is 12.0. The third kappa shape index (κ3) is 3.53. The van der Waals surface area contributed by atoms with Gasteiger partial charge in [-0.15, -0.1) is 0 Å². The number of hydrogen-bond donors (Lipinski definition) is 2. The monoisotopic (exact) mass is 212 g/mol. The van der Waals surface area contributed by atoms with Crippen LogP contribution in [0, 0.1) is 5.92 Å². The average molecular weight is 212 g/mol. The van der Waals surface area contributed by atoms with Crippen LogP contribution in [0.1, 0.15) is 39.5 Å². The first-order chi connectivity index (χ1) is 7.15. The van der Waals surface area contributed by atoms with E-state index < -0.39 is 0 Å². The van der Waals surface area contributed by atoms with Crippen LogP contribution in [-0.4, -0.2) is 24.4 Å². The maximum atomic E-state index is 11.7. The van der Waals surface area contributed by atoms with Crippen LogP contribution in [0.3, 0.4) is 0 Å². The average Bonchev–Trinajstić information content (AvgIpc) is 2.66. The van der Waals surface area contributed by atoms with Crippen molar-refractivity contribution in [1.29, 1.82) is 0 Å². The highest BCUT2D eigenvalue weighted by Gasteiger charge is 2.30. The lowest BCUT2D eigenvalue weighted by Crippen LogP contribution is -2.49. The normalized spacial score (nSPS) is 18.5. The van der Waals surface area contributed by atoms with E-state index in [1.54, 1.807) is 0 Å². The van der Waals surface area contributed by atoms with Gasteiger partial charge in [-0.05, 0) is 25.7 Å². The van der Waals surface area contributed by atoms with Crippen LogP contribution >= 0.6 is 0 Å². The highest BCUT2D eigenvalue weighted by Crippen LogP contribution is 2.27. The van der Waals surface area contributed by atoms with E-state index in [1.165, 1.54) is 19.8 Å². The van der Waals surface area contributed by atoms with Crippen LogP contribution in [0.4, 0.5) is 0 Å². The summed E-state index contributed by atoms with van der Waals surface area (Å²) in [6, 6.07) is -0.329. The van der Waals surface area contributed by atoms with Gasteiger partial charge in [-0.25, -0.2) is 0 Å². The number of hydrogen-bond acceptors (Lipinski definition) is 2. The summed E-state index contributed by atoms with van der Waals surface area (Å²) in [5.74, 6) is 0.151. The Labute approximate surface area is 90.8 Å². The molecule has 15 heavy (non-hydrogen) atoms. The number of carbonyl (C=O) groups is 2. The molecule has 2 amide bonds.